The molecule has 0 unspecified atom stereocenters. The first-order chi connectivity index (χ1) is 13.5. The number of methoxy groups -OCH3 is 1. The molecule has 0 aliphatic rings. The van der Waals surface area contributed by atoms with Crippen molar-refractivity contribution < 1.29 is 17.9 Å². The molecule has 0 saturated heterocycles. The molecule has 146 valence electrons. The lowest BCUT2D eigenvalue weighted by molar-refractivity contribution is 0.284. The Bertz CT molecular complexity index is 1020. The highest BCUT2D eigenvalue weighted by Gasteiger charge is 2.14. The Morgan fingerprint density at radius 1 is 0.893 bits per heavy atom. The fraction of sp³-hybridized carbons (Fsp3) is 0.143. The average molecular weight is 398 g/mol. The predicted molar refractivity (Wildman–Crippen MR) is 109 cm³/mol. The maximum Gasteiger partial charge on any atom is 0.240 e. The zero-order valence-corrected chi connectivity index (χ0v) is 16.3. The van der Waals surface area contributed by atoms with E-state index < -0.39 is 10.0 Å². The van der Waals surface area contributed by atoms with Gasteiger partial charge in [0.05, 0.1) is 12.0 Å². The second kappa shape index (κ2) is 8.77. The molecule has 0 radical (unpaired) electrons. The summed E-state index contributed by atoms with van der Waals surface area (Å²) in [6.07, 6.45) is 0. The van der Waals surface area contributed by atoms with Gasteiger partial charge in [-0.3, -0.25) is 0 Å². The number of sulfonamides is 1. The van der Waals surface area contributed by atoms with E-state index in [1.165, 1.54) is 12.1 Å². The molecule has 0 aliphatic heterocycles. The minimum atomic E-state index is -3.63. The van der Waals surface area contributed by atoms with Gasteiger partial charge in [0.2, 0.25) is 10.0 Å². The van der Waals surface area contributed by atoms with E-state index in [-0.39, 0.29) is 11.4 Å². The van der Waals surface area contributed by atoms with Crippen LogP contribution in [0.3, 0.4) is 0 Å². The van der Waals surface area contributed by atoms with Crippen molar-refractivity contribution in [2.75, 3.05) is 12.8 Å². The Hall–Kier alpha value is -3.03. The molecule has 3 N–H and O–H groups in total. The highest BCUT2D eigenvalue weighted by atomic mass is 32.2. The average Bonchev–Trinajstić information content (AvgIpc) is 2.72. The molecule has 0 spiro atoms. The van der Waals surface area contributed by atoms with Gasteiger partial charge in [0.1, 0.15) is 6.61 Å². The number of benzene rings is 3. The number of anilines is 1. The van der Waals surface area contributed by atoms with Gasteiger partial charge in [0.15, 0.2) is 11.5 Å². The summed E-state index contributed by atoms with van der Waals surface area (Å²) in [4.78, 5) is 0.163. The van der Waals surface area contributed by atoms with E-state index in [9.17, 15) is 8.42 Å². The third-order valence-electron chi connectivity index (χ3n) is 4.12. The van der Waals surface area contributed by atoms with Gasteiger partial charge in [-0.1, -0.05) is 36.4 Å². The summed E-state index contributed by atoms with van der Waals surface area (Å²) in [5, 5.41) is 0. The van der Waals surface area contributed by atoms with Gasteiger partial charge in [-0.2, -0.15) is 0 Å². The molecule has 0 amide bonds. The van der Waals surface area contributed by atoms with Crippen LogP contribution in [-0.2, 0) is 23.2 Å². The minimum Gasteiger partial charge on any atom is -0.493 e. The molecule has 7 heteroatoms. The van der Waals surface area contributed by atoms with Crippen LogP contribution < -0.4 is 19.9 Å². The minimum absolute atomic E-state index is 0.127. The summed E-state index contributed by atoms with van der Waals surface area (Å²) in [5.41, 5.74) is 7.91. The van der Waals surface area contributed by atoms with E-state index in [1.54, 1.807) is 37.4 Å². The number of hydrogen-bond acceptors (Lipinski definition) is 5. The third kappa shape index (κ3) is 5.03. The van der Waals surface area contributed by atoms with Crippen molar-refractivity contribution in [1.82, 2.24) is 4.72 Å². The van der Waals surface area contributed by atoms with Crippen LogP contribution in [0.5, 0.6) is 11.5 Å². The van der Waals surface area contributed by atoms with Crippen LogP contribution in [-0.4, -0.2) is 15.5 Å². The fourth-order valence-electron chi connectivity index (χ4n) is 2.59. The van der Waals surface area contributed by atoms with Crippen LogP contribution in [0.1, 0.15) is 11.1 Å². The van der Waals surface area contributed by atoms with E-state index >= 15 is 0 Å². The highest BCUT2D eigenvalue weighted by molar-refractivity contribution is 7.89. The van der Waals surface area contributed by atoms with Gasteiger partial charge >= 0.3 is 0 Å². The Morgan fingerprint density at radius 2 is 1.61 bits per heavy atom. The standard InChI is InChI=1S/C21H22N2O4S/c1-26-21-13-17(7-12-20(21)27-15-16-5-3-2-4-6-16)14-23-28(24,25)19-10-8-18(22)9-11-19/h2-13,23H,14-15,22H2,1H3. The van der Waals surface area contributed by atoms with Crippen molar-refractivity contribution in [2.45, 2.75) is 18.0 Å². The van der Waals surface area contributed by atoms with Crippen LogP contribution in [0.4, 0.5) is 5.69 Å². The Kier molecular flexibility index (Phi) is 6.18. The topological polar surface area (TPSA) is 90.7 Å². The molecule has 0 atom stereocenters. The normalized spacial score (nSPS) is 11.2. The lowest BCUT2D eigenvalue weighted by Gasteiger charge is -2.13. The molecular weight excluding hydrogens is 376 g/mol. The van der Waals surface area contributed by atoms with Crippen LogP contribution in [0.2, 0.25) is 0 Å². The summed E-state index contributed by atoms with van der Waals surface area (Å²) in [7, 11) is -2.08. The summed E-state index contributed by atoms with van der Waals surface area (Å²) >= 11 is 0. The zero-order valence-electron chi connectivity index (χ0n) is 15.5. The van der Waals surface area contributed by atoms with Crippen LogP contribution >= 0.6 is 0 Å². The molecule has 0 bridgehead atoms. The van der Waals surface area contributed by atoms with Crippen molar-refractivity contribution >= 4 is 15.7 Å². The van der Waals surface area contributed by atoms with E-state index in [1.807, 2.05) is 30.3 Å². The van der Waals surface area contributed by atoms with Crippen LogP contribution in [0, 0.1) is 0 Å². The summed E-state index contributed by atoms with van der Waals surface area (Å²) in [6.45, 7) is 0.544. The first kappa shape index (κ1) is 19.7. The number of ether oxygens (including phenoxy) is 2. The summed E-state index contributed by atoms with van der Waals surface area (Å²) < 4.78 is 38.6. The second-order valence-corrected chi connectivity index (χ2v) is 7.92. The SMILES string of the molecule is COc1cc(CNS(=O)(=O)c2ccc(N)cc2)ccc1OCc1ccccc1. The van der Waals surface area contributed by atoms with Gasteiger partial charge in [0, 0.05) is 12.2 Å². The Labute approximate surface area is 165 Å². The molecule has 0 aromatic heterocycles. The van der Waals surface area contributed by atoms with Gasteiger partial charge < -0.3 is 15.2 Å². The van der Waals surface area contributed by atoms with E-state index in [0.29, 0.717) is 23.8 Å². The van der Waals surface area contributed by atoms with Crippen molar-refractivity contribution in [1.29, 1.82) is 0 Å². The Balaban J connectivity index is 1.67. The smallest absolute Gasteiger partial charge is 0.240 e. The third-order valence-corrected chi connectivity index (χ3v) is 5.54. The number of nitrogens with one attached hydrogen (secondary N) is 1. The van der Waals surface area contributed by atoms with Gasteiger partial charge in [-0.25, -0.2) is 13.1 Å². The fourth-order valence-corrected chi connectivity index (χ4v) is 3.60. The molecule has 3 rings (SSSR count). The Morgan fingerprint density at radius 3 is 2.29 bits per heavy atom. The van der Waals surface area contributed by atoms with Crippen molar-refractivity contribution in [3.8, 4) is 11.5 Å². The number of hydrogen-bond donors (Lipinski definition) is 2. The van der Waals surface area contributed by atoms with Crippen molar-refractivity contribution in [3.63, 3.8) is 0 Å². The molecule has 3 aromatic carbocycles. The van der Waals surface area contributed by atoms with Crippen LogP contribution in [0.25, 0.3) is 0 Å². The maximum absolute atomic E-state index is 12.4. The van der Waals surface area contributed by atoms with Crippen molar-refractivity contribution in [2.24, 2.45) is 0 Å². The second-order valence-electron chi connectivity index (χ2n) is 6.15. The first-order valence-electron chi connectivity index (χ1n) is 8.67. The molecule has 28 heavy (non-hydrogen) atoms. The lowest BCUT2D eigenvalue weighted by atomic mass is 10.2. The number of nitrogen functional groups attached to an aromatic ring is 1. The van der Waals surface area contributed by atoms with Gasteiger partial charge in [-0.15, -0.1) is 0 Å². The number of nitrogens with two attached hydrogens (primary N) is 1. The zero-order chi connectivity index (χ0) is 20.0. The molecule has 6 nitrogen and oxygen atoms in total. The van der Waals surface area contributed by atoms with Gasteiger partial charge in [0.25, 0.3) is 0 Å². The lowest BCUT2D eigenvalue weighted by Crippen LogP contribution is -2.23. The molecule has 0 saturated carbocycles. The predicted octanol–water partition coefficient (Wildman–Crippen LogP) is 3.33. The largest absolute Gasteiger partial charge is 0.493 e. The summed E-state index contributed by atoms with van der Waals surface area (Å²) in [5.74, 6) is 1.14. The van der Waals surface area contributed by atoms with E-state index in [4.69, 9.17) is 15.2 Å². The van der Waals surface area contributed by atoms with Crippen molar-refractivity contribution in [3.05, 3.63) is 83.9 Å². The monoisotopic (exact) mass is 398 g/mol. The molecular formula is C21H22N2O4S. The number of rotatable bonds is 8. The first-order valence-corrected chi connectivity index (χ1v) is 10.1. The quantitative estimate of drug-likeness (QED) is 0.568. The highest BCUT2D eigenvalue weighted by Crippen LogP contribution is 2.29. The van der Waals surface area contributed by atoms with E-state index in [0.717, 1.165) is 11.1 Å². The van der Waals surface area contributed by atoms with Crippen LogP contribution in [0.15, 0.2) is 77.7 Å². The van der Waals surface area contributed by atoms with Gasteiger partial charge in [-0.05, 0) is 47.5 Å². The molecule has 0 fully saturated rings. The molecule has 3 aromatic rings. The van der Waals surface area contributed by atoms with E-state index in [2.05, 4.69) is 4.72 Å². The molecule has 0 heterocycles. The summed E-state index contributed by atoms with van der Waals surface area (Å²) in [6, 6.07) is 21.2. The maximum atomic E-state index is 12.4. The molecule has 0 aliphatic carbocycles.